The Labute approximate surface area is 138 Å². The Bertz CT molecular complexity index is 488. The van der Waals surface area contributed by atoms with Gasteiger partial charge in [-0.1, -0.05) is 12.1 Å². The first-order chi connectivity index (χ1) is 11.1. The molecule has 0 aliphatic carbocycles. The van der Waals surface area contributed by atoms with Crippen molar-refractivity contribution in [2.24, 2.45) is 0 Å². The lowest BCUT2D eigenvalue weighted by Gasteiger charge is -2.26. The van der Waals surface area contributed by atoms with Crippen LogP contribution in [0.1, 0.15) is 19.4 Å². The Kier molecular flexibility index (Phi) is 7.16. The molecule has 0 radical (unpaired) electrons. The maximum Gasteiger partial charge on any atom is 0.407 e. The van der Waals surface area contributed by atoms with E-state index in [2.05, 4.69) is 21.6 Å². The Morgan fingerprint density at radius 1 is 1.35 bits per heavy atom. The Morgan fingerprint density at radius 2 is 2.13 bits per heavy atom. The lowest BCUT2D eigenvalue weighted by molar-refractivity contribution is 0.0398. The second-order valence-electron chi connectivity index (χ2n) is 5.89. The number of alkyl carbamates (subject to hydrolysis) is 1. The number of carbonyl (C=O) groups excluding carboxylic acids is 1. The van der Waals surface area contributed by atoms with Crippen LogP contribution in [0, 0.1) is 0 Å². The topological polar surface area (TPSA) is 62.8 Å². The molecule has 1 aliphatic heterocycles. The quantitative estimate of drug-likeness (QED) is 0.805. The van der Waals surface area contributed by atoms with Crippen LogP contribution in [0.2, 0.25) is 0 Å². The molecule has 1 aromatic rings. The summed E-state index contributed by atoms with van der Waals surface area (Å²) in [5.74, 6) is 0. The first-order valence-corrected chi connectivity index (χ1v) is 8.21. The van der Waals surface area contributed by atoms with E-state index in [1.807, 2.05) is 32.0 Å². The van der Waals surface area contributed by atoms with Gasteiger partial charge in [-0.05, 0) is 31.5 Å². The van der Waals surface area contributed by atoms with E-state index in [1.165, 1.54) is 0 Å². The lowest BCUT2D eigenvalue weighted by Crippen LogP contribution is -2.39. The number of rotatable bonds is 7. The summed E-state index contributed by atoms with van der Waals surface area (Å²) in [6, 6.07) is 8.06. The molecule has 128 valence electrons. The molecule has 6 heteroatoms. The van der Waals surface area contributed by atoms with Crippen LogP contribution in [0.25, 0.3) is 0 Å². The number of nitrogens with zero attached hydrogens (tertiary/aromatic N) is 1. The summed E-state index contributed by atoms with van der Waals surface area (Å²) in [6.45, 7) is 9.69. The first kappa shape index (κ1) is 17.6. The minimum absolute atomic E-state index is 0.108. The number of hydrogen-bond donors (Lipinski definition) is 2. The molecule has 0 aromatic heterocycles. The van der Waals surface area contributed by atoms with Crippen LogP contribution < -0.4 is 10.6 Å². The molecular weight excluding hydrogens is 294 g/mol. The molecule has 0 saturated carbocycles. The molecule has 1 aliphatic rings. The van der Waals surface area contributed by atoms with Gasteiger partial charge in [0.1, 0.15) is 0 Å². The highest BCUT2D eigenvalue weighted by Gasteiger charge is 2.09. The number of ether oxygens (including phenoxy) is 2. The Hall–Kier alpha value is -1.79. The second-order valence-corrected chi connectivity index (χ2v) is 5.89. The molecule has 1 aromatic carbocycles. The third-order valence-corrected chi connectivity index (χ3v) is 3.57. The minimum Gasteiger partial charge on any atom is -0.447 e. The summed E-state index contributed by atoms with van der Waals surface area (Å²) in [4.78, 5) is 13.9. The van der Waals surface area contributed by atoms with Gasteiger partial charge in [-0.25, -0.2) is 4.79 Å². The fourth-order valence-electron chi connectivity index (χ4n) is 2.40. The zero-order valence-corrected chi connectivity index (χ0v) is 14.0. The average molecular weight is 321 g/mol. The lowest BCUT2D eigenvalue weighted by atomic mass is 10.2. The third kappa shape index (κ3) is 6.88. The molecule has 0 spiro atoms. The molecule has 1 saturated heterocycles. The Morgan fingerprint density at radius 3 is 2.87 bits per heavy atom. The van der Waals surface area contributed by atoms with E-state index in [-0.39, 0.29) is 12.2 Å². The predicted molar refractivity (Wildman–Crippen MR) is 90.6 cm³/mol. The van der Waals surface area contributed by atoms with Crippen molar-refractivity contribution < 1.29 is 14.3 Å². The van der Waals surface area contributed by atoms with Crippen molar-refractivity contribution in [3.05, 3.63) is 29.8 Å². The highest BCUT2D eigenvalue weighted by atomic mass is 16.6. The van der Waals surface area contributed by atoms with Gasteiger partial charge in [-0.15, -0.1) is 0 Å². The molecule has 0 bridgehead atoms. The number of anilines is 1. The van der Waals surface area contributed by atoms with Gasteiger partial charge >= 0.3 is 6.09 Å². The van der Waals surface area contributed by atoms with Gasteiger partial charge in [0, 0.05) is 38.4 Å². The van der Waals surface area contributed by atoms with Crippen molar-refractivity contribution in [1.29, 1.82) is 0 Å². The molecule has 6 nitrogen and oxygen atoms in total. The minimum atomic E-state index is -0.384. The van der Waals surface area contributed by atoms with Crippen LogP contribution in [0.15, 0.2) is 24.3 Å². The van der Waals surface area contributed by atoms with E-state index in [0.717, 1.165) is 50.6 Å². The fraction of sp³-hybridized carbons (Fsp3) is 0.588. The van der Waals surface area contributed by atoms with Gasteiger partial charge in [0.15, 0.2) is 0 Å². The summed E-state index contributed by atoms with van der Waals surface area (Å²) in [5.41, 5.74) is 2.11. The average Bonchev–Trinajstić information content (AvgIpc) is 2.54. The number of morpholine rings is 1. The maximum atomic E-state index is 11.5. The van der Waals surface area contributed by atoms with E-state index in [4.69, 9.17) is 9.47 Å². The molecule has 1 fully saturated rings. The van der Waals surface area contributed by atoms with Crippen molar-refractivity contribution in [2.45, 2.75) is 26.5 Å². The fourth-order valence-corrected chi connectivity index (χ4v) is 2.40. The zero-order valence-electron chi connectivity index (χ0n) is 14.0. The number of benzene rings is 1. The zero-order chi connectivity index (χ0) is 16.5. The molecule has 2 rings (SSSR count). The smallest absolute Gasteiger partial charge is 0.407 e. The molecule has 0 atom stereocenters. The standard InChI is InChI=1S/C17H27N3O3/c1-14(2)23-17(21)19-13-15-4-3-5-16(12-15)18-6-7-20-8-10-22-11-9-20/h3-5,12,14,18H,6-11,13H2,1-2H3,(H,19,21). The number of amides is 1. The van der Waals surface area contributed by atoms with Crippen molar-refractivity contribution in [3.8, 4) is 0 Å². The molecule has 1 amide bonds. The van der Waals surface area contributed by atoms with Gasteiger partial charge in [0.25, 0.3) is 0 Å². The maximum absolute atomic E-state index is 11.5. The third-order valence-electron chi connectivity index (χ3n) is 3.57. The summed E-state index contributed by atoms with van der Waals surface area (Å²) >= 11 is 0. The van der Waals surface area contributed by atoms with Crippen LogP contribution in [0.5, 0.6) is 0 Å². The van der Waals surface area contributed by atoms with Crippen LogP contribution in [-0.4, -0.2) is 56.5 Å². The molecule has 1 heterocycles. The van der Waals surface area contributed by atoms with Gasteiger partial charge in [-0.3, -0.25) is 4.90 Å². The second kappa shape index (κ2) is 9.37. The van der Waals surface area contributed by atoms with E-state index in [9.17, 15) is 4.79 Å². The van der Waals surface area contributed by atoms with Gasteiger partial charge in [-0.2, -0.15) is 0 Å². The van der Waals surface area contributed by atoms with Crippen LogP contribution >= 0.6 is 0 Å². The highest BCUT2D eigenvalue weighted by Crippen LogP contribution is 2.10. The highest BCUT2D eigenvalue weighted by molar-refractivity contribution is 5.67. The molecule has 0 unspecified atom stereocenters. The number of carbonyl (C=O) groups is 1. The number of nitrogens with one attached hydrogen (secondary N) is 2. The van der Waals surface area contributed by atoms with Crippen LogP contribution in [0.3, 0.4) is 0 Å². The van der Waals surface area contributed by atoms with Gasteiger partial charge in [0.2, 0.25) is 0 Å². The van der Waals surface area contributed by atoms with Gasteiger partial charge in [0.05, 0.1) is 19.3 Å². The van der Waals surface area contributed by atoms with Crippen molar-refractivity contribution in [1.82, 2.24) is 10.2 Å². The predicted octanol–water partition coefficient (Wildman–Crippen LogP) is 2.07. The summed E-state index contributed by atoms with van der Waals surface area (Å²) in [7, 11) is 0. The van der Waals surface area contributed by atoms with E-state index >= 15 is 0 Å². The molecule has 23 heavy (non-hydrogen) atoms. The van der Waals surface area contributed by atoms with Gasteiger partial charge < -0.3 is 20.1 Å². The Balaban J connectivity index is 1.72. The van der Waals surface area contributed by atoms with Crippen molar-refractivity contribution >= 4 is 11.8 Å². The SMILES string of the molecule is CC(C)OC(=O)NCc1cccc(NCCN2CCOCC2)c1. The van der Waals surface area contributed by atoms with Crippen LogP contribution in [-0.2, 0) is 16.0 Å². The summed E-state index contributed by atoms with van der Waals surface area (Å²) in [6.07, 6.45) is -0.492. The van der Waals surface area contributed by atoms with E-state index in [0.29, 0.717) is 6.54 Å². The summed E-state index contributed by atoms with van der Waals surface area (Å²) in [5, 5.41) is 6.18. The largest absolute Gasteiger partial charge is 0.447 e. The van der Waals surface area contributed by atoms with E-state index < -0.39 is 0 Å². The monoisotopic (exact) mass is 321 g/mol. The normalized spacial score (nSPS) is 15.4. The van der Waals surface area contributed by atoms with Crippen molar-refractivity contribution in [3.63, 3.8) is 0 Å². The first-order valence-electron chi connectivity index (χ1n) is 8.21. The van der Waals surface area contributed by atoms with Crippen LogP contribution in [0.4, 0.5) is 10.5 Å². The molecular formula is C17H27N3O3. The molecule has 2 N–H and O–H groups in total. The van der Waals surface area contributed by atoms with Crippen molar-refractivity contribution in [2.75, 3.05) is 44.7 Å². The number of hydrogen-bond acceptors (Lipinski definition) is 5. The summed E-state index contributed by atoms with van der Waals surface area (Å²) < 4.78 is 10.4. The van der Waals surface area contributed by atoms with E-state index in [1.54, 1.807) is 0 Å².